The summed E-state index contributed by atoms with van der Waals surface area (Å²) in [7, 11) is 0. The first-order valence-corrected chi connectivity index (χ1v) is 3.41. The van der Waals surface area contributed by atoms with Crippen molar-refractivity contribution in [2.45, 2.75) is 6.43 Å². The smallest absolute Gasteiger partial charge is 0.337 e. The van der Waals surface area contributed by atoms with Crippen LogP contribution < -0.4 is 5.73 Å². The number of nitrogen functional groups attached to an aromatic ring is 1. The number of aromatic nitrogens is 1. The topological polar surface area (TPSA) is 76.2 Å². The number of aromatic carboxylic acids is 1. The molecule has 0 unspecified atom stereocenters. The molecule has 0 aliphatic carbocycles. The van der Waals surface area contributed by atoms with Crippen molar-refractivity contribution in [2.24, 2.45) is 0 Å². The molecule has 0 radical (unpaired) electrons. The Morgan fingerprint density at radius 3 is 2.57 bits per heavy atom. The summed E-state index contributed by atoms with van der Waals surface area (Å²) >= 11 is 0. The molecule has 0 saturated heterocycles. The van der Waals surface area contributed by atoms with Gasteiger partial charge in [0.2, 0.25) is 0 Å². The molecule has 14 heavy (non-hydrogen) atoms. The van der Waals surface area contributed by atoms with Gasteiger partial charge in [-0.05, 0) is 6.07 Å². The minimum absolute atomic E-state index is 0.423. The number of carboxylic acid groups (broad SMARTS) is 1. The van der Waals surface area contributed by atoms with E-state index in [0.717, 1.165) is 0 Å². The highest BCUT2D eigenvalue weighted by molar-refractivity contribution is 5.89. The van der Waals surface area contributed by atoms with E-state index in [0.29, 0.717) is 6.07 Å². The van der Waals surface area contributed by atoms with Crippen LogP contribution in [0.15, 0.2) is 6.07 Å². The number of hydrogen-bond acceptors (Lipinski definition) is 3. The highest BCUT2D eigenvalue weighted by Crippen LogP contribution is 2.23. The third kappa shape index (κ3) is 1.76. The van der Waals surface area contributed by atoms with Gasteiger partial charge >= 0.3 is 5.97 Å². The van der Waals surface area contributed by atoms with Crippen molar-refractivity contribution < 1.29 is 23.1 Å². The van der Waals surface area contributed by atoms with Gasteiger partial charge in [-0.3, -0.25) is 0 Å². The maximum atomic E-state index is 12.7. The number of carboxylic acids is 1. The summed E-state index contributed by atoms with van der Waals surface area (Å²) in [5, 5.41) is 8.45. The van der Waals surface area contributed by atoms with Gasteiger partial charge in [-0.2, -0.15) is 0 Å². The maximum Gasteiger partial charge on any atom is 0.337 e. The predicted molar refractivity (Wildman–Crippen MR) is 40.5 cm³/mol. The Kier molecular flexibility index (Phi) is 2.59. The second-order valence-electron chi connectivity index (χ2n) is 2.39. The zero-order valence-electron chi connectivity index (χ0n) is 6.67. The fourth-order valence-corrected chi connectivity index (χ4v) is 0.856. The molecule has 0 amide bonds. The van der Waals surface area contributed by atoms with E-state index in [2.05, 4.69) is 4.98 Å². The lowest BCUT2D eigenvalue weighted by Gasteiger charge is -2.05. The van der Waals surface area contributed by atoms with Crippen molar-refractivity contribution in [2.75, 3.05) is 5.73 Å². The van der Waals surface area contributed by atoms with Crippen molar-refractivity contribution in [3.8, 4) is 0 Å². The predicted octanol–water partition coefficient (Wildman–Crippen LogP) is 1.44. The minimum Gasteiger partial charge on any atom is -0.478 e. The molecule has 1 rings (SSSR count). The number of nitrogens with two attached hydrogens (primary N) is 1. The lowest BCUT2D eigenvalue weighted by Crippen LogP contribution is -2.09. The molecule has 4 nitrogen and oxygen atoms in total. The third-order valence-electron chi connectivity index (χ3n) is 1.47. The Morgan fingerprint density at radius 1 is 1.57 bits per heavy atom. The van der Waals surface area contributed by atoms with Crippen LogP contribution in [-0.4, -0.2) is 16.1 Å². The standard InChI is InChI=1S/C7H5F3N2O2/c8-3-1-2(7(13)14)4(5(9)10)12-6(3)11/h1,5H,(H2,11,12)(H,13,14). The molecule has 7 heteroatoms. The van der Waals surface area contributed by atoms with Crippen molar-refractivity contribution in [3.05, 3.63) is 23.1 Å². The summed E-state index contributed by atoms with van der Waals surface area (Å²) < 4.78 is 37.1. The third-order valence-corrected chi connectivity index (χ3v) is 1.47. The second-order valence-corrected chi connectivity index (χ2v) is 2.39. The Hall–Kier alpha value is -1.79. The van der Waals surface area contributed by atoms with Crippen LogP contribution in [0, 0.1) is 5.82 Å². The lowest BCUT2D eigenvalue weighted by molar-refractivity contribution is 0.0681. The molecule has 3 N–H and O–H groups in total. The number of nitrogens with zero attached hydrogens (tertiary/aromatic N) is 1. The monoisotopic (exact) mass is 206 g/mol. The van der Waals surface area contributed by atoms with Gasteiger partial charge in [-0.25, -0.2) is 22.9 Å². The summed E-state index contributed by atoms with van der Waals surface area (Å²) in [6.45, 7) is 0. The lowest BCUT2D eigenvalue weighted by atomic mass is 10.2. The molecule has 0 aliphatic rings. The fourth-order valence-electron chi connectivity index (χ4n) is 0.856. The van der Waals surface area contributed by atoms with E-state index in [-0.39, 0.29) is 0 Å². The molecule has 0 fully saturated rings. The number of carbonyl (C=O) groups is 1. The molecular formula is C7H5F3N2O2. The number of halogens is 3. The summed E-state index contributed by atoms with van der Waals surface area (Å²) in [5.74, 6) is -3.55. The van der Waals surface area contributed by atoms with Gasteiger partial charge in [0, 0.05) is 0 Å². The van der Waals surface area contributed by atoms with Crippen molar-refractivity contribution in [3.63, 3.8) is 0 Å². The molecule has 0 aliphatic heterocycles. The normalized spacial score (nSPS) is 10.6. The van der Waals surface area contributed by atoms with E-state index in [9.17, 15) is 18.0 Å². The van der Waals surface area contributed by atoms with Crippen LogP contribution in [0.1, 0.15) is 22.5 Å². The van der Waals surface area contributed by atoms with Crippen molar-refractivity contribution >= 4 is 11.8 Å². The van der Waals surface area contributed by atoms with Crippen LogP contribution in [-0.2, 0) is 0 Å². The van der Waals surface area contributed by atoms with Crippen molar-refractivity contribution in [1.82, 2.24) is 4.98 Å². The van der Waals surface area contributed by atoms with Gasteiger partial charge in [0.15, 0.2) is 11.6 Å². The number of rotatable bonds is 2. The van der Waals surface area contributed by atoms with E-state index in [1.54, 1.807) is 0 Å². The molecule has 0 bridgehead atoms. The molecule has 0 atom stereocenters. The molecule has 0 saturated carbocycles. The molecule has 0 spiro atoms. The van der Waals surface area contributed by atoms with Crippen LogP contribution >= 0.6 is 0 Å². The Balaban J connectivity index is 3.39. The molecule has 1 aromatic heterocycles. The maximum absolute atomic E-state index is 12.7. The van der Waals surface area contributed by atoms with E-state index < -0.39 is 35.3 Å². The molecule has 0 aromatic carbocycles. The van der Waals surface area contributed by atoms with E-state index in [1.807, 2.05) is 0 Å². The average molecular weight is 206 g/mol. The first-order valence-electron chi connectivity index (χ1n) is 3.41. The summed E-state index contributed by atoms with van der Waals surface area (Å²) in [4.78, 5) is 13.4. The quantitative estimate of drug-likeness (QED) is 0.767. The fraction of sp³-hybridized carbons (Fsp3) is 0.143. The SMILES string of the molecule is Nc1nc(C(F)F)c(C(=O)O)cc1F. The Bertz CT molecular complexity index is 381. The average Bonchev–Trinajstić information content (AvgIpc) is 2.08. The Morgan fingerprint density at radius 2 is 2.14 bits per heavy atom. The van der Waals surface area contributed by atoms with E-state index >= 15 is 0 Å². The highest BCUT2D eigenvalue weighted by Gasteiger charge is 2.22. The van der Waals surface area contributed by atoms with Gasteiger partial charge in [-0.15, -0.1) is 0 Å². The van der Waals surface area contributed by atoms with E-state index in [1.165, 1.54) is 0 Å². The van der Waals surface area contributed by atoms with Crippen molar-refractivity contribution in [1.29, 1.82) is 0 Å². The minimum atomic E-state index is -3.11. The zero-order chi connectivity index (χ0) is 10.9. The molecule has 76 valence electrons. The van der Waals surface area contributed by atoms with Crippen LogP contribution in [0.4, 0.5) is 19.0 Å². The van der Waals surface area contributed by atoms with Crippen LogP contribution in [0.3, 0.4) is 0 Å². The second kappa shape index (κ2) is 3.52. The molecule has 1 heterocycles. The molecule has 1 aromatic rings. The molecular weight excluding hydrogens is 201 g/mol. The van der Waals surface area contributed by atoms with Crippen LogP contribution in [0.2, 0.25) is 0 Å². The zero-order valence-corrected chi connectivity index (χ0v) is 6.67. The summed E-state index contributed by atoms with van der Waals surface area (Å²) in [6.07, 6.45) is -3.11. The van der Waals surface area contributed by atoms with Crippen LogP contribution in [0.5, 0.6) is 0 Å². The Labute approximate surface area is 76.2 Å². The van der Waals surface area contributed by atoms with Gasteiger partial charge in [0.1, 0.15) is 5.69 Å². The van der Waals surface area contributed by atoms with Crippen LogP contribution in [0.25, 0.3) is 0 Å². The van der Waals surface area contributed by atoms with Gasteiger partial charge in [-0.1, -0.05) is 0 Å². The number of pyridine rings is 1. The number of hydrogen-bond donors (Lipinski definition) is 2. The van der Waals surface area contributed by atoms with Gasteiger partial charge < -0.3 is 10.8 Å². The highest BCUT2D eigenvalue weighted by atomic mass is 19.3. The van der Waals surface area contributed by atoms with Gasteiger partial charge in [0.05, 0.1) is 5.56 Å². The first kappa shape index (κ1) is 10.3. The number of alkyl halides is 2. The van der Waals surface area contributed by atoms with E-state index in [4.69, 9.17) is 10.8 Å². The first-order chi connectivity index (χ1) is 6.43. The summed E-state index contributed by atoms with van der Waals surface area (Å²) in [5.41, 5.74) is 3.00. The van der Waals surface area contributed by atoms with Gasteiger partial charge in [0.25, 0.3) is 6.43 Å². The largest absolute Gasteiger partial charge is 0.478 e. The summed E-state index contributed by atoms with van der Waals surface area (Å²) in [6, 6.07) is 0.423. The number of anilines is 1.